The number of carbonyl (C=O) groups excluding carboxylic acids is 4. The Morgan fingerprint density at radius 3 is 1.79 bits per heavy atom. The summed E-state index contributed by atoms with van der Waals surface area (Å²) in [5, 5.41) is 0. The van der Waals surface area contributed by atoms with Crippen molar-refractivity contribution in [1.82, 2.24) is 0 Å². The molecule has 14 heavy (non-hydrogen) atoms. The van der Waals surface area contributed by atoms with Gasteiger partial charge in [-0.05, 0) is 6.92 Å². The number of carbonyl (C=O) groups is 4. The second-order valence-corrected chi connectivity index (χ2v) is 3.00. The molecule has 0 amide bonds. The van der Waals surface area contributed by atoms with Crippen LogP contribution in [0.15, 0.2) is 0 Å². The maximum atomic E-state index is 11.3. The van der Waals surface area contributed by atoms with E-state index in [0.717, 1.165) is 6.92 Å². The SMILES string of the molecule is CCC(=O)C(=O)C(C(C)=O)C(=O)CC. The van der Waals surface area contributed by atoms with Gasteiger partial charge in [0.25, 0.3) is 0 Å². The summed E-state index contributed by atoms with van der Waals surface area (Å²) in [5.74, 6) is -3.93. The Morgan fingerprint density at radius 1 is 1.00 bits per heavy atom. The molecule has 1 atom stereocenters. The van der Waals surface area contributed by atoms with Crippen LogP contribution in [0.1, 0.15) is 33.6 Å². The standard InChI is InChI=1S/C10H14O4/c1-4-7(12)9(6(3)11)10(14)8(13)5-2/h9H,4-5H2,1-3H3. The molecule has 0 spiro atoms. The van der Waals surface area contributed by atoms with E-state index in [0.29, 0.717) is 0 Å². The summed E-state index contributed by atoms with van der Waals surface area (Å²) in [6, 6.07) is 0. The van der Waals surface area contributed by atoms with E-state index in [4.69, 9.17) is 0 Å². The quantitative estimate of drug-likeness (QED) is 0.466. The van der Waals surface area contributed by atoms with Gasteiger partial charge in [0.1, 0.15) is 11.7 Å². The van der Waals surface area contributed by atoms with Crippen molar-refractivity contribution in [3.8, 4) is 0 Å². The monoisotopic (exact) mass is 198 g/mol. The van der Waals surface area contributed by atoms with Crippen LogP contribution >= 0.6 is 0 Å². The Hall–Kier alpha value is -1.32. The van der Waals surface area contributed by atoms with Crippen LogP contribution < -0.4 is 0 Å². The van der Waals surface area contributed by atoms with Crippen LogP contribution in [0, 0.1) is 5.92 Å². The van der Waals surface area contributed by atoms with Gasteiger partial charge in [-0.2, -0.15) is 0 Å². The first kappa shape index (κ1) is 12.7. The molecule has 0 saturated carbocycles. The van der Waals surface area contributed by atoms with Gasteiger partial charge in [-0.15, -0.1) is 0 Å². The second-order valence-electron chi connectivity index (χ2n) is 3.00. The van der Waals surface area contributed by atoms with E-state index in [-0.39, 0.29) is 12.8 Å². The zero-order chi connectivity index (χ0) is 11.3. The van der Waals surface area contributed by atoms with Crippen molar-refractivity contribution in [2.24, 2.45) is 5.92 Å². The minimum Gasteiger partial charge on any atom is -0.299 e. The highest BCUT2D eigenvalue weighted by atomic mass is 16.2. The van der Waals surface area contributed by atoms with E-state index in [1.54, 1.807) is 6.92 Å². The lowest BCUT2D eigenvalue weighted by Gasteiger charge is -2.08. The fourth-order valence-corrected chi connectivity index (χ4v) is 1.10. The lowest BCUT2D eigenvalue weighted by atomic mass is 9.90. The van der Waals surface area contributed by atoms with E-state index in [1.807, 2.05) is 0 Å². The summed E-state index contributed by atoms with van der Waals surface area (Å²) >= 11 is 0. The first-order chi connectivity index (χ1) is 6.45. The number of hydrogen-bond donors (Lipinski definition) is 0. The van der Waals surface area contributed by atoms with Crippen molar-refractivity contribution in [1.29, 1.82) is 0 Å². The number of Topliss-reactive ketones (excluding diaryl/α,β-unsaturated/α-hetero) is 4. The molecule has 0 aliphatic rings. The summed E-state index contributed by atoms with van der Waals surface area (Å²) in [4.78, 5) is 44.6. The van der Waals surface area contributed by atoms with Gasteiger partial charge in [0.05, 0.1) is 0 Å². The highest BCUT2D eigenvalue weighted by molar-refractivity contribution is 6.45. The van der Waals surface area contributed by atoms with Crippen LogP contribution in [-0.2, 0) is 19.2 Å². The van der Waals surface area contributed by atoms with Gasteiger partial charge in [-0.25, -0.2) is 0 Å². The summed E-state index contributed by atoms with van der Waals surface area (Å²) in [7, 11) is 0. The topological polar surface area (TPSA) is 68.3 Å². The van der Waals surface area contributed by atoms with E-state index >= 15 is 0 Å². The van der Waals surface area contributed by atoms with Gasteiger partial charge in [-0.1, -0.05) is 13.8 Å². The summed E-state index contributed by atoms with van der Waals surface area (Å²) in [6.45, 7) is 4.23. The van der Waals surface area contributed by atoms with Gasteiger partial charge in [0.2, 0.25) is 5.78 Å². The van der Waals surface area contributed by atoms with Crippen molar-refractivity contribution in [3.05, 3.63) is 0 Å². The average molecular weight is 198 g/mol. The molecule has 0 saturated heterocycles. The van der Waals surface area contributed by atoms with E-state index in [1.165, 1.54) is 6.92 Å². The highest BCUT2D eigenvalue weighted by Gasteiger charge is 2.32. The van der Waals surface area contributed by atoms with Crippen LogP contribution in [0.4, 0.5) is 0 Å². The molecule has 0 aromatic rings. The molecule has 0 rings (SSSR count). The van der Waals surface area contributed by atoms with E-state index in [2.05, 4.69) is 0 Å². The number of hydrogen-bond acceptors (Lipinski definition) is 4. The van der Waals surface area contributed by atoms with Crippen LogP contribution in [0.25, 0.3) is 0 Å². The minimum absolute atomic E-state index is 0.0274. The highest BCUT2D eigenvalue weighted by Crippen LogP contribution is 2.07. The Labute approximate surface area is 82.7 Å². The molecule has 0 aromatic carbocycles. The first-order valence-corrected chi connectivity index (χ1v) is 4.55. The van der Waals surface area contributed by atoms with Crippen molar-refractivity contribution in [2.75, 3.05) is 0 Å². The Morgan fingerprint density at radius 2 is 1.50 bits per heavy atom. The molecule has 0 fully saturated rings. The normalized spacial score (nSPS) is 11.9. The average Bonchev–Trinajstić information content (AvgIpc) is 2.15. The first-order valence-electron chi connectivity index (χ1n) is 4.55. The molecule has 0 aromatic heterocycles. The van der Waals surface area contributed by atoms with Gasteiger partial charge in [0, 0.05) is 12.8 Å². The second kappa shape index (κ2) is 5.42. The van der Waals surface area contributed by atoms with Gasteiger partial charge in [0.15, 0.2) is 11.6 Å². The van der Waals surface area contributed by atoms with Crippen LogP contribution in [0.5, 0.6) is 0 Å². The van der Waals surface area contributed by atoms with Crippen LogP contribution in [0.3, 0.4) is 0 Å². The molecule has 0 aliphatic heterocycles. The molecule has 0 aliphatic carbocycles. The molecule has 0 N–H and O–H groups in total. The Bertz CT molecular complexity index is 278. The van der Waals surface area contributed by atoms with Crippen molar-refractivity contribution < 1.29 is 19.2 Å². The summed E-state index contributed by atoms with van der Waals surface area (Å²) < 4.78 is 0. The van der Waals surface area contributed by atoms with Crippen LogP contribution in [0.2, 0.25) is 0 Å². The molecular formula is C10H14O4. The Kier molecular flexibility index (Phi) is 4.91. The van der Waals surface area contributed by atoms with Crippen molar-refractivity contribution in [3.63, 3.8) is 0 Å². The zero-order valence-electron chi connectivity index (χ0n) is 8.62. The van der Waals surface area contributed by atoms with Crippen LogP contribution in [-0.4, -0.2) is 23.1 Å². The lowest BCUT2D eigenvalue weighted by molar-refractivity contribution is -0.146. The molecule has 4 nitrogen and oxygen atoms in total. The molecule has 0 heterocycles. The van der Waals surface area contributed by atoms with Gasteiger partial charge >= 0.3 is 0 Å². The third kappa shape index (κ3) is 2.87. The largest absolute Gasteiger partial charge is 0.299 e. The zero-order valence-corrected chi connectivity index (χ0v) is 8.62. The van der Waals surface area contributed by atoms with Gasteiger partial charge < -0.3 is 0 Å². The van der Waals surface area contributed by atoms with Crippen molar-refractivity contribution in [2.45, 2.75) is 33.6 Å². The Balaban J connectivity index is 4.84. The van der Waals surface area contributed by atoms with Gasteiger partial charge in [-0.3, -0.25) is 19.2 Å². The predicted molar refractivity (Wildman–Crippen MR) is 49.8 cm³/mol. The lowest BCUT2D eigenvalue weighted by Crippen LogP contribution is -2.34. The maximum absolute atomic E-state index is 11.3. The third-order valence-electron chi connectivity index (χ3n) is 1.94. The molecule has 78 valence electrons. The third-order valence-corrected chi connectivity index (χ3v) is 1.94. The van der Waals surface area contributed by atoms with Crippen molar-refractivity contribution >= 4 is 23.1 Å². The fourth-order valence-electron chi connectivity index (χ4n) is 1.10. The predicted octanol–water partition coefficient (Wildman–Crippen LogP) is 0.719. The molecule has 0 radical (unpaired) electrons. The smallest absolute Gasteiger partial charge is 0.216 e. The maximum Gasteiger partial charge on any atom is 0.216 e. The van der Waals surface area contributed by atoms with E-state index in [9.17, 15) is 19.2 Å². The molecular weight excluding hydrogens is 184 g/mol. The fraction of sp³-hybridized carbons (Fsp3) is 0.600. The molecule has 1 unspecified atom stereocenters. The van der Waals surface area contributed by atoms with E-state index < -0.39 is 29.1 Å². The summed E-state index contributed by atoms with van der Waals surface area (Å²) in [5.41, 5.74) is 0. The molecule has 4 heteroatoms. The molecule has 0 bridgehead atoms. The minimum atomic E-state index is -1.37. The number of rotatable bonds is 6. The summed E-state index contributed by atoms with van der Waals surface area (Å²) in [6.07, 6.45) is 0.118. The number of ketones is 4.